The fourth-order valence-electron chi connectivity index (χ4n) is 5.02. The molecule has 0 radical (unpaired) electrons. The molecule has 0 unspecified atom stereocenters. The predicted molar refractivity (Wildman–Crippen MR) is 133 cm³/mol. The number of carbonyl (C=O) groups is 2. The lowest BCUT2D eigenvalue weighted by atomic mass is 9.96. The lowest BCUT2D eigenvalue weighted by molar-refractivity contribution is -0.119. The zero-order chi connectivity index (χ0) is 24.5. The molecule has 184 valence electrons. The molecule has 0 N–H and O–H groups in total. The normalized spacial score (nSPS) is 18.3. The van der Waals surface area contributed by atoms with Crippen LogP contribution in [0.5, 0.6) is 0 Å². The number of pyridine rings is 2. The number of Topliss-reactive ketones (excluding diaryl/α,β-unsaturated/α-hetero) is 2. The number of rotatable bonds is 0. The summed E-state index contributed by atoms with van der Waals surface area (Å²) in [7, 11) is 0. The Morgan fingerprint density at radius 3 is 1.56 bits per heavy atom. The number of ether oxygens (including phenoxy) is 3. The molecule has 4 aromatic heterocycles. The third-order valence-corrected chi connectivity index (χ3v) is 6.63. The van der Waals surface area contributed by atoms with Crippen LogP contribution in [0.4, 0.5) is 0 Å². The molecule has 6 rings (SSSR count). The van der Waals surface area contributed by atoms with Crippen molar-refractivity contribution in [2.75, 3.05) is 39.6 Å². The minimum atomic E-state index is -0.176. The highest BCUT2D eigenvalue weighted by Gasteiger charge is 2.35. The second-order valence-corrected chi connectivity index (χ2v) is 8.83. The van der Waals surface area contributed by atoms with Crippen molar-refractivity contribution in [3.8, 4) is 0 Å². The van der Waals surface area contributed by atoms with Crippen LogP contribution in [-0.4, -0.2) is 70.3 Å². The van der Waals surface area contributed by atoms with E-state index >= 15 is 0 Å². The van der Waals surface area contributed by atoms with Gasteiger partial charge in [0.25, 0.3) is 0 Å². The van der Waals surface area contributed by atoms with Gasteiger partial charge in [-0.05, 0) is 24.3 Å². The first kappa shape index (κ1) is 22.8. The molecule has 0 amide bonds. The van der Waals surface area contributed by atoms with Gasteiger partial charge in [0.15, 0.2) is 11.6 Å². The molecule has 0 aromatic carbocycles. The van der Waals surface area contributed by atoms with Crippen molar-refractivity contribution in [1.82, 2.24) is 19.1 Å². The van der Waals surface area contributed by atoms with Crippen LogP contribution in [0.15, 0.2) is 49.1 Å². The van der Waals surface area contributed by atoms with E-state index in [0.717, 1.165) is 33.2 Å². The summed E-state index contributed by atoms with van der Waals surface area (Å²) in [6.07, 6.45) is 7.16. The molecule has 2 aliphatic rings. The topological polar surface area (TPSA) is 97.5 Å². The van der Waals surface area contributed by atoms with Gasteiger partial charge in [0.05, 0.1) is 46.1 Å². The van der Waals surface area contributed by atoms with Crippen molar-refractivity contribution in [3.63, 3.8) is 0 Å². The van der Waals surface area contributed by atoms with Crippen molar-refractivity contribution in [2.24, 2.45) is 0 Å². The Morgan fingerprint density at radius 1 is 0.639 bits per heavy atom. The monoisotopic (exact) mass is 486 g/mol. The summed E-state index contributed by atoms with van der Waals surface area (Å²) in [5.74, 6) is -0.351. The summed E-state index contributed by atoms with van der Waals surface area (Å²) in [5, 5.41) is 1.67. The van der Waals surface area contributed by atoms with E-state index < -0.39 is 0 Å². The van der Waals surface area contributed by atoms with Gasteiger partial charge in [0, 0.05) is 70.9 Å². The molecule has 0 spiro atoms. The van der Waals surface area contributed by atoms with E-state index in [4.69, 9.17) is 14.2 Å². The highest BCUT2D eigenvalue weighted by Crippen LogP contribution is 2.41. The van der Waals surface area contributed by atoms with Crippen LogP contribution < -0.4 is 0 Å². The summed E-state index contributed by atoms with van der Waals surface area (Å²) in [5.41, 5.74) is 3.84. The number of ketones is 2. The third-order valence-electron chi connectivity index (χ3n) is 6.63. The van der Waals surface area contributed by atoms with Gasteiger partial charge in [-0.2, -0.15) is 0 Å². The van der Waals surface area contributed by atoms with Crippen LogP contribution in [0.1, 0.15) is 17.5 Å². The van der Waals surface area contributed by atoms with Crippen molar-refractivity contribution in [1.29, 1.82) is 0 Å². The van der Waals surface area contributed by atoms with Crippen LogP contribution in [0, 0.1) is 0 Å². The van der Waals surface area contributed by atoms with E-state index in [2.05, 4.69) is 9.97 Å². The quantitative estimate of drug-likeness (QED) is 0.353. The molecule has 5 heterocycles. The van der Waals surface area contributed by atoms with E-state index in [9.17, 15) is 9.59 Å². The van der Waals surface area contributed by atoms with Crippen molar-refractivity contribution in [2.45, 2.75) is 19.5 Å². The molecule has 0 fully saturated rings. The van der Waals surface area contributed by atoms with Crippen LogP contribution >= 0.6 is 0 Å². The lowest BCUT2D eigenvalue weighted by Gasteiger charge is -2.08. The lowest BCUT2D eigenvalue weighted by Crippen LogP contribution is -2.13. The second kappa shape index (κ2) is 9.77. The molecule has 1 aliphatic carbocycles. The smallest absolute Gasteiger partial charge is 0.172 e. The fraction of sp³-hybridized carbons (Fsp3) is 0.333. The molecule has 4 bridgehead atoms. The van der Waals surface area contributed by atoms with Gasteiger partial charge in [0.2, 0.25) is 0 Å². The first-order chi connectivity index (χ1) is 17.7. The Bertz CT molecular complexity index is 1390. The number of hydrogen-bond donors (Lipinski definition) is 0. The molecule has 4 aromatic rings. The Hall–Kier alpha value is -3.66. The molecular formula is C27H26N4O5. The average molecular weight is 487 g/mol. The zero-order valence-electron chi connectivity index (χ0n) is 19.8. The van der Waals surface area contributed by atoms with Gasteiger partial charge in [0.1, 0.15) is 11.3 Å². The van der Waals surface area contributed by atoms with Gasteiger partial charge in [-0.25, -0.2) is 9.97 Å². The number of hydrogen-bond acceptors (Lipinski definition) is 7. The van der Waals surface area contributed by atoms with E-state index in [1.807, 2.05) is 45.8 Å². The summed E-state index contributed by atoms with van der Waals surface area (Å²) in [6.45, 7) is 3.99. The van der Waals surface area contributed by atoms with Gasteiger partial charge >= 0.3 is 0 Å². The molecule has 36 heavy (non-hydrogen) atoms. The number of aromatic nitrogens is 4. The highest BCUT2D eigenvalue weighted by molar-refractivity contribution is 6.52. The van der Waals surface area contributed by atoms with Crippen LogP contribution in [0.2, 0.25) is 0 Å². The summed E-state index contributed by atoms with van der Waals surface area (Å²) in [6, 6.07) is 7.58. The fourth-order valence-corrected chi connectivity index (χ4v) is 5.02. The first-order valence-corrected chi connectivity index (χ1v) is 12.1. The predicted octanol–water partition coefficient (Wildman–Crippen LogP) is 2.90. The first-order valence-electron chi connectivity index (χ1n) is 12.1. The number of fused-ring (bicyclic) bond motifs is 12. The van der Waals surface area contributed by atoms with Crippen molar-refractivity contribution < 1.29 is 23.8 Å². The average Bonchev–Trinajstić information content (AvgIpc) is 3.52. The van der Waals surface area contributed by atoms with Gasteiger partial charge in [-0.1, -0.05) is 0 Å². The standard InChI is InChI=1S/C27H26N4O5/c32-22-15-23(33)25-21-17-31(27-19(21)4-2-6-29-27)8-10-35-12-14-36-13-11-34-9-7-30-16-20(24(22)25)18-3-1-5-28-26(18)30/h1-6,16-17H,7-15H2. The van der Waals surface area contributed by atoms with E-state index in [1.54, 1.807) is 12.4 Å². The zero-order valence-corrected chi connectivity index (χ0v) is 19.8. The number of carbonyl (C=O) groups excluding carboxylic acids is 2. The Morgan fingerprint density at radius 2 is 1.08 bits per heavy atom. The maximum absolute atomic E-state index is 13.3. The molecule has 0 saturated heterocycles. The number of allylic oxidation sites excluding steroid dienone is 2. The second-order valence-electron chi connectivity index (χ2n) is 8.83. The molecule has 9 heteroatoms. The Labute approximate surface area is 207 Å². The SMILES string of the molecule is O=C1CC(=O)C2=C1c1cn(c3ncccc13)CCOCCOCCOCCn1cc2c2cccnc21. The van der Waals surface area contributed by atoms with E-state index in [-0.39, 0.29) is 18.0 Å². The van der Waals surface area contributed by atoms with Crippen molar-refractivity contribution in [3.05, 3.63) is 60.2 Å². The molecule has 9 nitrogen and oxygen atoms in total. The summed E-state index contributed by atoms with van der Waals surface area (Å²) >= 11 is 0. The van der Waals surface area contributed by atoms with Crippen LogP contribution in [0.25, 0.3) is 33.2 Å². The number of nitrogens with zero attached hydrogens (tertiary/aromatic N) is 4. The highest BCUT2D eigenvalue weighted by atomic mass is 16.5. The summed E-state index contributed by atoms with van der Waals surface area (Å²) in [4.78, 5) is 35.7. The molecule has 1 aliphatic heterocycles. The maximum Gasteiger partial charge on any atom is 0.172 e. The summed E-state index contributed by atoms with van der Waals surface area (Å²) < 4.78 is 21.1. The Balaban J connectivity index is 1.55. The molecular weight excluding hydrogens is 460 g/mol. The van der Waals surface area contributed by atoms with E-state index in [1.165, 1.54) is 0 Å². The molecule has 0 atom stereocenters. The Kier molecular flexibility index (Phi) is 6.18. The van der Waals surface area contributed by atoms with Crippen molar-refractivity contribution >= 4 is 44.8 Å². The van der Waals surface area contributed by atoms with E-state index in [0.29, 0.717) is 63.9 Å². The van der Waals surface area contributed by atoms with Gasteiger partial charge in [-0.15, -0.1) is 0 Å². The van der Waals surface area contributed by atoms with Crippen LogP contribution in [0.3, 0.4) is 0 Å². The largest absolute Gasteiger partial charge is 0.377 e. The molecule has 0 saturated carbocycles. The van der Waals surface area contributed by atoms with Gasteiger partial charge in [-0.3, -0.25) is 9.59 Å². The van der Waals surface area contributed by atoms with Crippen LogP contribution in [-0.2, 0) is 36.9 Å². The van der Waals surface area contributed by atoms with Gasteiger partial charge < -0.3 is 23.3 Å². The minimum Gasteiger partial charge on any atom is -0.377 e. The third kappa shape index (κ3) is 4.05. The maximum atomic E-state index is 13.3. The minimum absolute atomic E-state index is 0.142.